The van der Waals surface area contributed by atoms with Crippen molar-refractivity contribution >= 4 is 51.8 Å². The molecule has 0 saturated heterocycles. The Morgan fingerprint density at radius 3 is 1.71 bits per heavy atom. The van der Waals surface area contributed by atoms with Crippen LogP contribution in [0.5, 0.6) is 0 Å². The van der Waals surface area contributed by atoms with Gasteiger partial charge in [-0.05, 0) is 50.4 Å². The van der Waals surface area contributed by atoms with Crippen molar-refractivity contribution < 1.29 is 4.92 Å². The first-order valence-electron chi connectivity index (χ1n) is 9.49. The average molecular weight is 458 g/mol. The summed E-state index contributed by atoms with van der Waals surface area (Å²) >= 11 is 10.4. The van der Waals surface area contributed by atoms with Crippen LogP contribution in [-0.2, 0) is 0 Å². The number of nitrogens with one attached hydrogen (secondary N) is 4. The monoisotopic (exact) mass is 457 g/mol. The second-order valence-corrected chi connectivity index (χ2v) is 6.85. The quantitative estimate of drug-likeness (QED) is 0.207. The molecule has 0 aliphatic rings. The lowest BCUT2D eigenvalue weighted by Gasteiger charge is -2.13. The smallest absolute Gasteiger partial charge is 0.269 e. The van der Waals surface area contributed by atoms with Crippen molar-refractivity contribution in [1.29, 1.82) is 0 Å². The first-order chi connectivity index (χ1) is 15.0. The molecular formula is C20H23N7O2S2. The highest BCUT2D eigenvalue weighted by molar-refractivity contribution is 7.80. The molecule has 0 heterocycles. The van der Waals surface area contributed by atoms with E-state index >= 15 is 0 Å². The van der Waals surface area contributed by atoms with Gasteiger partial charge in [-0.1, -0.05) is 30.3 Å². The average Bonchev–Trinajstić information content (AvgIpc) is 2.77. The number of hydrogen-bond acceptors (Lipinski definition) is 6. The number of nitrogens with zero attached hydrogens (tertiary/aromatic N) is 3. The van der Waals surface area contributed by atoms with Gasteiger partial charge in [0.1, 0.15) is 11.4 Å². The van der Waals surface area contributed by atoms with E-state index < -0.39 is 4.92 Å². The maximum Gasteiger partial charge on any atom is 0.269 e. The minimum absolute atomic E-state index is 0.0242. The molecule has 0 radical (unpaired) electrons. The van der Waals surface area contributed by atoms with Gasteiger partial charge in [-0.15, -0.1) is 0 Å². The summed E-state index contributed by atoms with van der Waals surface area (Å²) in [5.41, 5.74) is 7.87. The van der Waals surface area contributed by atoms with Crippen molar-refractivity contribution in [3.05, 3.63) is 75.8 Å². The lowest BCUT2D eigenvalue weighted by molar-refractivity contribution is -0.384. The predicted octanol–water partition coefficient (Wildman–Crippen LogP) is 2.67. The van der Waals surface area contributed by atoms with Gasteiger partial charge in [0, 0.05) is 36.3 Å². The van der Waals surface area contributed by atoms with Crippen LogP contribution in [0.1, 0.15) is 25.0 Å². The molecule has 0 atom stereocenters. The maximum absolute atomic E-state index is 11.0. The molecule has 2 rings (SSSR count). The Kier molecular flexibility index (Phi) is 9.46. The largest absolute Gasteiger partial charge is 0.362 e. The summed E-state index contributed by atoms with van der Waals surface area (Å²) in [7, 11) is 0. The summed E-state index contributed by atoms with van der Waals surface area (Å²) in [6.45, 7) is 5.11. The van der Waals surface area contributed by atoms with Gasteiger partial charge >= 0.3 is 0 Å². The third-order valence-electron chi connectivity index (χ3n) is 3.84. The number of nitro benzene ring substituents is 1. The van der Waals surface area contributed by atoms with Crippen LogP contribution in [0.3, 0.4) is 0 Å². The minimum atomic E-state index is -0.457. The molecule has 0 amide bonds. The zero-order valence-corrected chi connectivity index (χ0v) is 18.7. The molecule has 2 aromatic carbocycles. The van der Waals surface area contributed by atoms with Gasteiger partial charge in [0.25, 0.3) is 5.69 Å². The summed E-state index contributed by atoms with van der Waals surface area (Å²) in [5.74, 6) is 0. The molecule has 9 nitrogen and oxygen atoms in total. The van der Waals surface area contributed by atoms with Crippen LogP contribution >= 0.6 is 24.4 Å². The Balaban J connectivity index is 2.55. The molecule has 0 spiro atoms. The van der Waals surface area contributed by atoms with Crippen LogP contribution < -0.4 is 21.5 Å². The fraction of sp³-hybridized carbons (Fsp3) is 0.200. The zero-order valence-electron chi connectivity index (χ0n) is 17.1. The second-order valence-electron chi connectivity index (χ2n) is 6.03. The Morgan fingerprint density at radius 1 is 0.839 bits per heavy atom. The van der Waals surface area contributed by atoms with Crippen LogP contribution in [-0.4, -0.2) is 39.7 Å². The molecule has 11 heteroatoms. The van der Waals surface area contributed by atoms with E-state index in [1.807, 2.05) is 44.2 Å². The minimum Gasteiger partial charge on any atom is -0.362 e. The van der Waals surface area contributed by atoms with E-state index in [0.717, 1.165) is 5.56 Å². The molecule has 162 valence electrons. The van der Waals surface area contributed by atoms with Crippen molar-refractivity contribution in [2.75, 3.05) is 13.1 Å². The molecule has 0 aliphatic heterocycles. The van der Waals surface area contributed by atoms with E-state index in [1.165, 1.54) is 12.1 Å². The molecule has 0 aliphatic carbocycles. The van der Waals surface area contributed by atoms with E-state index in [2.05, 4.69) is 31.7 Å². The lowest BCUT2D eigenvalue weighted by Crippen LogP contribution is -2.35. The zero-order chi connectivity index (χ0) is 22.6. The number of rotatable bonds is 8. The van der Waals surface area contributed by atoms with Gasteiger partial charge in [-0.3, -0.25) is 21.0 Å². The van der Waals surface area contributed by atoms with Gasteiger partial charge in [0.15, 0.2) is 10.2 Å². The third kappa shape index (κ3) is 7.39. The fourth-order valence-corrected chi connectivity index (χ4v) is 2.84. The molecule has 0 saturated carbocycles. The van der Waals surface area contributed by atoms with E-state index in [9.17, 15) is 10.1 Å². The fourth-order valence-electron chi connectivity index (χ4n) is 2.46. The highest BCUT2D eigenvalue weighted by Crippen LogP contribution is 2.15. The van der Waals surface area contributed by atoms with Crippen molar-refractivity contribution in [2.24, 2.45) is 10.2 Å². The maximum atomic E-state index is 11.0. The summed E-state index contributed by atoms with van der Waals surface area (Å²) in [6, 6.07) is 15.4. The summed E-state index contributed by atoms with van der Waals surface area (Å²) in [5, 5.41) is 26.6. The molecule has 31 heavy (non-hydrogen) atoms. The molecule has 0 aromatic heterocycles. The van der Waals surface area contributed by atoms with Crippen LogP contribution in [0.2, 0.25) is 0 Å². The highest BCUT2D eigenvalue weighted by atomic mass is 32.1. The number of benzene rings is 2. The summed E-state index contributed by atoms with van der Waals surface area (Å²) in [4.78, 5) is 10.6. The van der Waals surface area contributed by atoms with Crippen LogP contribution in [0.15, 0.2) is 64.8 Å². The number of nitro groups is 1. The number of non-ortho nitro benzene ring substituents is 1. The first-order valence-corrected chi connectivity index (χ1v) is 10.3. The van der Waals surface area contributed by atoms with Crippen molar-refractivity contribution in [3.8, 4) is 0 Å². The van der Waals surface area contributed by atoms with Gasteiger partial charge in [-0.25, -0.2) is 0 Å². The Labute approximate surface area is 191 Å². The van der Waals surface area contributed by atoms with Crippen LogP contribution in [0, 0.1) is 10.1 Å². The summed E-state index contributed by atoms with van der Waals surface area (Å²) < 4.78 is 0. The number of hydrazone groups is 2. The molecule has 4 N–H and O–H groups in total. The topological polar surface area (TPSA) is 116 Å². The normalized spacial score (nSPS) is 11.4. The Hall–Kier alpha value is -3.44. The van der Waals surface area contributed by atoms with E-state index in [0.29, 0.717) is 40.3 Å². The standard InChI is InChI=1S/C20H23N7O2S2/c1-3-21-19(30)25-23-17(14-8-6-5-7-9-14)18(24-26-20(31)22-4-2)15-10-12-16(13-11-15)27(28)29/h5-13H,3-4H2,1-2H3,(H2,21,25,30)(H2,22,26,31). The van der Waals surface area contributed by atoms with Crippen molar-refractivity contribution in [1.82, 2.24) is 21.5 Å². The number of hydrogen-bond donors (Lipinski definition) is 4. The molecular weight excluding hydrogens is 434 g/mol. The second kappa shape index (κ2) is 12.3. The molecule has 0 fully saturated rings. The van der Waals surface area contributed by atoms with Gasteiger partial charge < -0.3 is 10.6 Å². The van der Waals surface area contributed by atoms with Crippen LogP contribution in [0.4, 0.5) is 5.69 Å². The van der Waals surface area contributed by atoms with Crippen molar-refractivity contribution in [2.45, 2.75) is 13.8 Å². The van der Waals surface area contributed by atoms with E-state index in [1.54, 1.807) is 12.1 Å². The molecule has 0 unspecified atom stereocenters. The van der Waals surface area contributed by atoms with Gasteiger partial charge in [0.05, 0.1) is 4.92 Å². The Morgan fingerprint density at radius 2 is 1.29 bits per heavy atom. The van der Waals surface area contributed by atoms with E-state index in [4.69, 9.17) is 24.4 Å². The highest BCUT2D eigenvalue weighted by Gasteiger charge is 2.17. The molecule has 0 bridgehead atoms. The molecule has 2 aromatic rings. The van der Waals surface area contributed by atoms with Gasteiger partial charge in [-0.2, -0.15) is 10.2 Å². The van der Waals surface area contributed by atoms with Crippen LogP contribution in [0.25, 0.3) is 0 Å². The predicted molar refractivity (Wildman–Crippen MR) is 131 cm³/mol. The Bertz CT molecular complexity index is 977. The van der Waals surface area contributed by atoms with E-state index in [-0.39, 0.29) is 5.69 Å². The van der Waals surface area contributed by atoms with Crippen molar-refractivity contribution in [3.63, 3.8) is 0 Å². The number of thiocarbonyl (C=S) groups is 2. The first kappa shape index (κ1) is 23.8. The lowest BCUT2D eigenvalue weighted by atomic mass is 9.99. The third-order valence-corrected chi connectivity index (χ3v) is 4.31. The van der Waals surface area contributed by atoms with Gasteiger partial charge in [0.2, 0.25) is 0 Å². The summed E-state index contributed by atoms with van der Waals surface area (Å²) in [6.07, 6.45) is 0. The SMILES string of the molecule is CCNC(=S)NN=C(C(=NNC(=S)NCC)c1ccc([N+](=O)[O-])cc1)c1ccccc1.